The molecule has 4 nitrogen and oxygen atoms in total. The number of hydrogen-bond donors (Lipinski definition) is 2. The molecular formula is C19H21N3O. The minimum Gasteiger partial charge on any atom is -0.387 e. The molecule has 23 heavy (non-hydrogen) atoms. The number of nitrogens with one attached hydrogen (secondary N) is 1. The van der Waals surface area contributed by atoms with Crippen molar-refractivity contribution >= 4 is 0 Å². The molecule has 3 aromatic rings. The second-order valence-electron chi connectivity index (χ2n) is 5.69. The number of hydrogen-bond acceptors (Lipinski definition) is 3. The fourth-order valence-corrected chi connectivity index (χ4v) is 2.46. The van der Waals surface area contributed by atoms with Crippen molar-refractivity contribution in [3.05, 3.63) is 83.9 Å². The van der Waals surface area contributed by atoms with Crippen LogP contribution in [0.15, 0.2) is 67.3 Å². The van der Waals surface area contributed by atoms with Crippen molar-refractivity contribution in [2.24, 2.45) is 0 Å². The van der Waals surface area contributed by atoms with Gasteiger partial charge >= 0.3 is 0 Å². The number of aliphatic hydroxyl groups is 1. The lowest BCUT2D eigenvalue weighted by atomic mass is 10.1. The lowest BCUT2D eigenvalue weighted by Gasteiger charge is -2.13. The van der Waals surface area contributed by atoms with Crippen LogP contribution in [0.5, 0.6) is 0 Å². The molecular weight excluding hydrogens is 286 g/mol. The van der Waals surface area contributed by atoms with Crippen molar-refractivity contribution in [3.63, 3.8) is 0 Å². The summed E-state index contributed by atoms with van der Waals surface area (Å²) in [4.78, 5) is 4.05. The summed E-state index contributed by atoms with van der Waals surface area (Å²) in [5.41, 5.74) is 4.42. The number of aromatic nitrogens is 2. The Kier molecular flexibility index (Phi) is 4.86. The number of aryl methyl sites for hydroxylation is 1. The number of nitrogens with zero attached hydrogens (tertiary/aromatic N) is 2. The summed E-state index contributed by atoms with van der Waals surface area (Å²) in [6, 6.07) is 16.3. The van der Waals surface area contributed by atoms with Gasteiger partial charge in [0.25, 0.3) is 0 Å². The normalized spacial score (nSPS) is 12.3. The first-order chi connectivity index (χ1) is 11.2. The lowest BCUT2D eigenvalue weighted by Crippen LogP contribution is -2.21. The average molecular weight is 307 g/mol. The Balaban J connectivity index is 1.51. The summed E-state index contributed by atoms with van der Waals surface area (Å²) in [5.74, 6) is 0. The fourth-order valence-electron chi connectivity index (χ4n) is 2.46. The molecule has 4 heteroatoms. The molecule has 0 fully saturated rings. The van der Waals surface area contributed by atoms with E-state index in [0.717, 1.165) is 17.8 Å². The molecule has 118 valence electrons. The number of imidazole rings is 1. The van der Waals surface area contributed by atoms with Crippen LogP contribution in [-0.4, -0.2) is 21.2 Å². The molecule has 0 saturated carbocycles. The van der Waals surface area contributed by atoms with Gasteiger partial charge in [0.2, 0.25) is 0 Å². The third kappa shape index (κ3) is 4.06. The highest BCUT2D eigenvalue weighted by atomic mass is 16.3. The van der Waals surface area contributed by atoms with Crippen LogP contribution in [0.2, 0.25) is 0 Å². The van der Waals surface area contributed by atoms with Crippen LogP contribution in [0.25, 0.3) is 5.69 Å². The van der Waals surface area contributed by atoms with Crippen LogP contribution in [0.3, 0.4) is 0 Å². The van der Waals surface area contributed by atoms with Gasteiger partial charge in [-0.15, -0.1) is 0 Å². The zero-order valence-electron chi connectivity index (χ0n) is 13.2. The Bertz CT molecular complexity index is 718. The minimum atomic E-state index is -0.485. The van der Waals surface area contributed by atoms with Crippen LogP contribution >= 0.6 is 0 Å². The third-order valence-corrected chi connectivity index (χ3v) is 3.87. The van der Waals surface area contributed by atoms with Crippen molar-refractivity contribution < 1.29 is 5.11 Å². The monoisotopic (exact) mass is 307 g/mol. The molecule has 0 aliphatic carbocycles. The summed E-state index contributed by atoms with van der Waals surface area (Å²) in [6.45, 7) is 3.31. The Labute approximate surface area is 136 Å². The van der Waals surface area contributed by atoms with Gasteiger partial charge in [0.15, 0.2) is 0 Å². The molecule has 1 aromatic heterocycles. The summed E-state index contributed by atoms with van der Waals surface area (Å²) < 4.78 is 1.97. The van der Waals surface area contributed by atoms with Gasteiger partial charge < -0.3 is 15.0 Å². The van der Waals surface area contributed by atoms with E-state index in [4.69, 9.17) is 0 Å². The van der Waals surface area contributed by atoms with Crippen LogP contribution in [-0.2, 0) is 6.54 Å². The van der Waals surface area contributed by atoms with E-state index in [1.165, 1.54) is 11.1 Å². The first kappa shape index (κ1) is 15.5. The van der Waals surface area contributed by atoms with Crippen molar-refractivity contribution in [1.82, 2.24) is 14.9 Å². The second kappa shape index (κ2) is 7.22. The molecule has 1 unspecified atom stereocenters. The van der Waals surface area contributed by atoms with Gasteiger partial charge in [-0.3, -0.25) is 0 Å². The molecule has 0 spiro atoms. The van der Waals surface area contributed by atoms with Gasteiger partial charge in [-0.2, -0.15) is 0 Å². The molecule has 1 atom stereocenters. The van der Waals surface area contributed by atoms with Gasteiger partial charge in [0.1, 0.15) is 0 Å². The Morgan fingerprint density at radius 3 is 2.48 bits per heavy atom. The predicted octanol–water partition coefficient (Wildman–Crippen LogP) is 3.00. The van der Waals surface area contributed by atoms with E-state index in [2.05, 4.69) is 34.6 Å². The van der Waals surface area contributed by atoms with Gasteiger partial charge in [-0.25, -0.2) is 4.98 Å². The SMILES string of the molecule is Cc1ccc(C(O)CNCc2ccc(-n3ccnc3)cc2)cc1. The van der Waals surface area contributed by atoms with Crippen LogP contribution in [0.4, 0.5) is 0 Å². The van der Waals surface area contributed by atoms with Crippen LogP contribution in [0.1, 0.15) is 22.8 Å². The third-order valence-electron chi connectivity index (χ3n) is 3.87. The van der Waals surface area contributed by atoms with Crippen molar-refractivity contribution in [2.75, 3.05) is 6.54 Å². The topological polar surface area (TPSA) is 50.1 Å². The summed E-state index contributed by atoms with van der Waals surface area (Å²) in [6.07, 6.45) is 4.99. The molecule has 0 bridgehead atoms. The van der Waals surface area contributed by atoms with Crippen molar-refractivity contribution in [2.45, 2.75) is 19.6 Å². The van der Waals surface area contributed by atoms with E-state index in [-0.39, 0.29) is 0 Å². The van der Waals surface area contributed by atoms with Crippen LogP contribution < -0.4 is 5.32 Å². The molecule has 1 heterocycles. The summed E-state index contributed by atoms with van der Waals surface area (Å²) >= 11 is 0. The molecule has 0 radical (unpaired) electrons. The maximum absolute atomic E-state index is 10.2. The minimum absolute atomic E-state index is 0.485. The van der Waals surface area contributed by atoms with Gasteiger partial charge in [0, 0.05) is 31.2 Å². The lowest BCUT2D eigenvalue weighted by molar-refractivity contribution is 0.174. The zero-order valence-corrected chi connectivity index (χ0v) is 13.2. The fraction of sp³-hybridized carbons (Fsp3) is 0.211. The van der Waals surface area contributed by atoms with Crippen molar-refractivity contribution in [3.8, 4) is 5.69 Å². The van der Waals surface area contributed by atoms with Gasteiger partial charge in [-0.1, -0.05) is 42.0 Å². The summed E-state index contributed by atoms with van der Waals surface area (Å²) in [5, 5.41) is 13.5. The smallest absolute Gasteiger partial charge is 0.0991 e. The van der Waals surface area contributed by atoms with E-state index in [1.807, 2.05) is 42.0 Å². The van der Waals surface area contributed by atoms with E-state index in [9.17, 15) is 5.11 Å². The van der Waals surface area contributed by atoms with Crippen LogP contribution in [0, 0.1) is 6.92 Å². The first-order valence-electron chi connectivity index (χ1n) is 7.75. The highest BCUT2D eigenvalue weighted by Crippen LogP contribution is 2.13. The quantitative estimate of drug-likeness (QED) is 0.736. The Morgan fingerprint density at radius 1 is 1.09 bits per heavy atom. The van der Waals surface area contributed by atoms with Gasteiger partial charge in [-0.05, 0) is 30.2 Å². The predicted molar refractivity (Wildman–Crippen MR) is 91.4 cm³/mol. The molecule has 0 aliphatic rings. The maximum atomic E-state index is 10.2. The highest BCUT2D eigenvalue weighted by molar-refractivity contribution is 5.34. The Morgan fingerprint density at radius 2 is 1.83 bits per heavy atom. The second-order valence-corrected chi connectivity index (χ2v) is 5.69. The average Bonchev–Trinajstić information content (AvgIpc) is 3.10. The molecule has 0 saturated heterocycles. The molecule has 2 N–H and O–H groups in total. The summed E-state index contributed by atoms with van der Waals surface area (Å²) in [7, 11) is 0. The van der Waals surface area contributed by atoms with E-state index in [0.29, 0.717) is 6.54 Å². The van der Waals surface area contributed by atoms with E-state index >= 15 is 0 Å². The first-order valence-corrected chi connectivity index (χ1v) is 7.75. The highest BCUT2D eigenvalue weighted by Gasteiger charge is 2.06. The molecule has 0 aliphatic heterocycles. The van der Waals surface area contributed by atoms with E-state index in [1.54, 1.807) is 12.5 Å². The maximum Gasteiger partial charge on any atom is 0.0991 e. The largest absolute Gasteiger partial charge is 0.387 e. The Hall–Kier alpha value is -2.43. The van der Waals surface area contributed by atoms with E-state index < -0.39 is 6.10 Å². The molecule has 0 amide bonds. The number of rotatable bonds is 6. The standard InChI is InChI=1S/C19H21N3O/c1-15-2-6-17(7-3-15)19(23)13-21-12-16-4-8-18(9-5-16)22-11-10-20-14-22/h2-11,14,19,21,23H,12-13H2,1H3. The van der Waals surface area contributed by atoms with Gasteiger partial charge in [0.05, 0.1) is 12.4 Å². The molecule has 2 aromatic carbocycles. The van der Waals surface area contributed by atoms with Crippen molar-refractivity contribution in [1.29, 1.82) is 0 Å². The number of aliphatic hydroxyl groups excluding tert-OH is 1. The molecule has 3 rings (SSSR count). The zero-order chi connectivity index (χ0) is 16.1. The number of benzene rings is 2.